The predicted octanol–water partition coefficient (Wildman–Crippen LogP) is 2.96. The van der Waals surface area contributed by atoms with Gasteiger partial charge in [0.25, 0.3) is 5.91 Å². The molecule has 4 heteroatoms. The van der Waals surface area contributed by atoms with Gasteiger partial charge in [-0.1, -0.05) is 38.0 Å². The van der Waals surface area contributed by atoms with Crippen molar-refractivity contribution >= 4 is 5.91 Å². The van der Waals surface area contributed by atoms with Gasteiger partial charge in [0.2, 0.25) is 0 Å². The number of para-hydroxylation sites is 1. The fourth-order valence-corrected chi connectivity index (χ4v) is 2.72. The number of aliphatic hydroxyl groups excluding tert-OH is 1. The minimum atomic E-state index is -0.564. The third-order valence-corrected chi connectivity index (χ3v) is 4.04. The first kappa shape index (κ1) is 15.8. The highest BCUT2D eigenvalue weighted by Crippen LogP contribution is 2.27. The summed E-state index contributed by atoms with van der Waals surface area (Å²) in [5, 5.41) is 13.0. The molecule has 4 nitrogen and oxygen atoms in total. The van der Waals surface area contributed by atoms with Crippen molar-refractivity contribution < 1.29 is 14.6 Å². The van der Waals surface area contributed by atoms with Crippen molar-refractivity contribution in [3.8, 4) is 5.75 Å². The maximum Gasteiger partial charge on any atom is 0.260 e. The second-order valence-electron chi connectivity index (χ2n) is 5.71. The fourth-order valence-electron chi connectivity index (χ4n) is 2.72. The lowest BCUT2D eigenvalue weighted by atomic mass is 10.1. The van der Waals surface area contributed by atoms with Crippen molar-refractivity contribution in [2.45, 2.75) is 64.2 Å². The van der Waals surface area contributed by atoms with Gasteiger partial charge in [-0.05, 0) is 32.3 Å². The third kappa shape index (κ3) is 4.21. The van der Waals surface area contributed by atoms with Crippen molar-refractivity contribution in [1.29, 1.82) is 0 Å². The lowest BCUT2D eigenvalue weighted by Gasteiger charge is -2.20. The van der Waals surface area contributed by atoms with Gasteiger partial charge in [-0.15, -0.1) is 0 Å². The molecule has 0 heterocycles. The monoisotopic (exact) mass is 291 g/mol. The van der Waals surface area contributed by atoms with Gasteiger partial charge in [0.05, 0.1) is 6.10 Å². The highest BCUT2D eigenvalue weighted by Gasteiger charge is 2.22. The molecule has 1 saturated carbocycles. The molecule has 1 fully saturated rings. The number of ether oxygens (including phenoxy) is 1. The molecule has 0 spiro atoms. The number of hydrogen-bond acceptors (Lipinski definition) is 3. The Morgan fingerprint density at radius 1 is 1.38 bits per heavy atom. The first-order chi connectivity index (χ1) is 10.1. The van der Waals surface area contributed by atoms with E-state index < -0.39 is 12.2 Å². The molecule has 0 aromatic heterocycles. The molecule has 0 radical (unpaired) electrons. The Balaban J connectivity index is 1.98. The van der Waals surface area contributed by atoms with E-state index >= 15 is 0 Å². The van der Waals surface area contributed by atoms with Crippen LogP contribution in [0.3, 0.4) is 0 Å². The molecule has 0 bridgehead atoms. The minimum Gasteiger partial charge on any atom is -0.481 e. The Bertz CT molecular complexity index is 469. The molecule has 1 amide bonds. The normalized spacial score (nSPS) is 18.2. The number of benzene rings is 1. The van der Waals surface area contributed by atoms with Gasteiger partial charge in [0.1, 0.15) is 5.75 Å². The minimum absolute atomic E-state index is 0.0808. The lowest BCUT2D eigenvalue weighted by Crippen LogP contribution is -2.41. The zero-order valence-electron chi connectivity index (χ0n) is 12.8. The zero-order chi connectivity index (χ0) is 15.2. The Kier molecular flexibility index (Phi) is 5.62. The highest BCUT2D eigenvalue weighted by molar-refractivity contribution is 5.81. The van der Waals surface area contributed by atoms with Crippen LogP contribution >= 0.6 is 0 Å². The zero-order valence-corrected chi connectivity index (χ0v) is 12.8. The molecule has 1 aliphatic rings. The van der Waals surface area contributed by atoms with E-state index in [-0.39, 0.29) is 5.91 Å². The van der Waals surface area contributed by atoms with Gasteiger partial charge in [-0.3, -0.25) is 4.79 Å². The SMILES string of the molecule is CC[C@@H](O)c1ccccc1OC(C)C(=O)NC1CCCC1. The molecule has 21 heavy (non-hydrogen) atoms. The van der Waals surface area contributed by atoms with Crippen molar-refractivity contribution in [3.05, 3.63) is 29.8 Å². The van der Waals surface area contributed by atoms with E-state index in [4.69, 9.17) is 4.74 Å². The number of aliphatic hydroxyl groups is 1. The molecule has 0 aliphatic heterocycles. The summed E-state index contributed by atoms with van der Waals surface area (Å²) in [4.78, 5) is 12.2. The van der Waals surface area contributed by atoms with E-state index in [1.54, 1.807) is 13.0 Å². The van der Waals surface area contributed by atoms with Crippen molar-refractivity contribution in [3.63, 3.8) is 0 Å². The standard InChI is InChI=1S/C17H25NO3/c1-3-15(19)14-10-6-7-11-16(14)21-12(2)17(20)18-13-8-4-5-9-13/h6-7,10-13,15,19H,3-5,8-9H2,1-2H3,(H,18,20)/t12?,15-/m1/s1. The van der Waals surface area contributed by atoms with Gasteiger partial charge >= 0.3 is 0 Å². The summed E-state index contributed by atoms with van der Waals surface area (Å²) in [6.45, 7) is 3.66. The molecular weight excluding hydrogens is 266 g/mol. The van der Waals surface area contributed by atoms with Gasteiger partial charge in [0, 0.05) is 11.6 Å². The van der Waals surface area contributed by atoms with Gasteiger partial charge < -0.3 is 15.2 Å². The van der Waals surface area contributed by atoms with Crippen LogP contribution in [0.4, 0.5) is 0 Å². The lowest BCUT2D eigenvalue weighted by molar-refractivity contribution is -0.128. The van der Waals surface area contributed by atoms with Crippen LogP contribution < -0.4 is 10.1 Å². The molecule has 1 aliphatic carbocycles. The summed E-state index contributed by atoms with van der Waals surface area (Å²) in [6.07, 6.45) is 3.98. The molecule has 2 rings (SSSR count). The van der Waals surface area contributed by atoms with Crippen molar-refractivity contribution in [2.75, 3.05) is 0 Å². The maximum atomic E-state index is 12.2. The Labute approximate surface area is 126 Å². The van der Waals surface area contributed by atoms with Crippen LogP contribution in [0, 0.1) is 0 Å². The van der Waals surface area contributed by atoms with Crippen LogP contribution in [0.5, 0.6) is 5.75 Å². The summed E-state index contributed by atoms with van der Waals surface area (Å²) in [7, 11) is 0. The van der Waals surface area contributed by atoms with Crippen molar-refractivity contribution in [2.24, 2.45) is 0 Å². The first-order valence-corrected chi connectivity index (χ1v) is 7.85. The van der Waals surface area contributed by atoms with Crippen LogP contribution in [-0.4, -0.2) is 23.2 Å². The van der Waals surface area contributed by atoms with Gasteiger partial charge in [-0.2, -0.15) is 0 Å². The predicted molar refractivity (Wildman–Crippen MR) is 82.2 cm³/mol. The van der Waals surface area contributed by atoms with Crippen LogP contribution in [0.15, 0.2) is 24.3 Å². The molecule has 2 atom stereocenters. The van der Waals surface area contributed by atoms with E-state index in [2.05, 4.69) is 5.32 Å². The molecule has 2 N–H and O–H groups in total. The van der Waals surface area contributed by atoms with Crippen LogP contribution in [0.1, 0.15) is 57.6 Å². The summed E-state index contributed by atoms with van der Waals surface area (Å²) in [5.74, 6) is 0.503. The molecule has 1 aromatic rings. The topological polar surface area (TPSA) is 58.6 Å². The fraction of sp³-hybridized carbons (Fsp3) is 0.588. The molecular formula is C17H25NO3. The Morgan fingerprint density at radius 2 is 2.05 bits per heavy atom. The number of hydrogen-bond donors (Lipinski definition) is 2. The Morgan fingerprint density at radius 3 is 2.71 bits per heavy atom. The summed E-state index contributed by atoms with van der Waals surface area (Å²) >= 11 is 0. The number of rotatable bonds is 6. The average molecular weight is 291 g/mol. The second-order valence-corrected chi connectivity index (χ2v) is 5.71. The maximum absolute atomic E-state index is 12.2. The van der Waals surface area contributed by atoms with Crippen LogP contribution in [0.25, 0.3) is 0 Å². The van der Waals surface area contributed by atoms with E-state index in [1.807, 2.05) is 25.1 Å². The highest BCUT2D eigenvalue weighted by atomic mass is 16.5. The molecule has 116 valence electrons. The van der Waals surface area contributed by atoms with Crippen LogP contribution in [0.2, 0.25) is 0 Å². The number of carbonyl (C=O) groups is 1. The molecule has 1 unspecified atom stereocenters. The largest absolute Gasteiger partial charge is 0.481 e. The van der Waals surface area contributed by atoms with E-state index in [0.717, 1.165) is 18.4 Å². The quantitative estimate of drug-likeness (QED) is 0.847. The van der Waals surface area contributed by atoms with Gasteiger partial charge in [0.15, 0.2) is 6.10 Å². The molecule has 0 saturated heterocycles. The summed E-state index contributed by atoms with van der Waals surface area (Å²) in [5.41, 5.74) is 0.737. The second kappa shape index (κ2) is 7.46. The van der Waals surface area contributed by atoms with Gasteiger partial charge in [-0.25, -0.2) is 0 Å². The summed E-state index contributed by atoms with van der Waals surface area (Å²) < 4.78 is 5.77. The average Bonchev–Trinajstić information content (AvgIpc) is 2.99. The Hall–Kier alpha value is -1.55. The van der Waals surface area contributed by atoms with E-state index in [0.29, 0.717) is 18.2 Å². The van der Waals surface area contributed by atoms with E-state index in [1.165, 1.54) is 12.8 Å². The van der Waals surface area contributed by atoms with E-state index in [9.17, 15) is 9.90 Å². The number of nitrogens with one attached hydrogen (secondary N) is 1. The first-order valence-electron chi connectivity index (χ1n) is 7.85. The third-order valence-electron chi connectivity index (χ3n) is 4.04. The molecule has 1 aromatic carbocycles. The number of amides is 1. The van der Waals surface area contributed by atoms with Crippen LogP contribution in [-0.2, 0) is 4.79 Å². The number of carbonyl (C=O) groups excluding carboxylic acids is 1. The smallest absolute Gasteiger partial charge is 0.260 e. The van der Waals surface area contributed by atoms with Crippen molar-refractivity contribution in [1.82, 2.24) is 5.32 Å². The summed E-state index contributed by atoms with van der Waals surface area (Å²) in [6, 6.07) is 7.64.